The third-order valence-electron chi connectivity index (χ3n) is 5.61. The van der Waals surface area contributed by atoms with E-state index in [0.717, 1.165) is 27.7 Å². The molecule has 2 aliphatic heterocycles. The van der Waals surface area contributed by atoms with Gasteiger partial charge in [0.2, 0.25) is 5.91 Å². The van der Waals surface area contributed by atoms with E-state index in [1.807, 2.05) is 48.7 Å². The van der Waals surface area contributed by atoms with Crippen molar-refractivity contribution in [2.75, 3.05) is 12.8 Å². The van der Waals surface area contributed by atoms with Gasteiger partial charge < -0.3 is 9.88 Å². The van der Waals surface area contributed by atoms with E-state index in [4.69, 9.17) is 0 Å². The summed E-state index contributed by atoms with van der Waals surface area (Å²) in [6.45, 7) is 0.414. The maximum atomic E-state index is 13.1. The predicted molar refractivity (Wildman–Crippen MR) is 114 cm³/mol. The van der Waals surface area contributed by atoms with Gasteiger partial charge in [-0.1, -0.05) is 30.3 Å². The number of amides is 2. The van der Waals surface area contributed by atoms with Crippen LogP contribution in [0.4, 0.5) is 0 Å². The fourth-order valence-electron chi connectivity index (χ4n) is 4.08. The van der Waals surface area contributed by atoms with Crippen LogP contribution in [0.2, 0.25) is 0 Å². The number of H-pyrrole nitrogens is 1. The highest BCUT2D eigenvalue weighted by molar-refractivity contribution is 7.98. The summed E-state index contributed by atoms with van der Waals surface area (Å²) in [5.74, 6) is -0.202. The molecular formula is C22H20N4O2S. The highest BCUT2D eigenvalue weighted by atomic mass is 32.2. The molecule has 0 bridgehead atoms. The lowest BCUT2D eigenvalue weighted by molar-refractivity contribution is -0.157. The monoisotopic (exact) mass is 404 g/mol. The number of hydrogen-bond acceptors (Lipinski definition) is 4. The average molecular weight is 404 g/mol. The van der Waals surface area contributed by atoms with E-state index in [0.29, 0.717) is 13.0 Å². The van der Waals surface area contributed by atoms with E-state index >= 15 is 0 Å². The molecule has 1 saturated heterocycles. The maximum Gasteiger partial charge on any atom is 0.266 e. The summed E-state index contributed by atoms with van der Waals surface area (Å²) in [4.78, 5) is 32.1. The summed E-state index contributed by atoms with van der Waals surface area (Å²) in [7, 11) is 0. The van der Waals surface area contributed by atoms with E-state index in [1.54, 1.807) is 22.9 Å². The molecule has 0 radical (unpaired) electrons. The predicted octanol–water partition coefficient (Wildman–Crippen LogP) is 3.02. The van der Waals surface area contributed by atoms with E-state index in [1.165, 1.54) is 9.90 Å². The lowest BCUT2D eigenvalue weighted by atomic mass is 9.94. The van der Waals surface area contributed by atoms with Gasteiger partial charge in [0.05, 0.1) is 12.8 Å². The molecule has 1 atom stereocenters. The first-order valence-corrected chi connectivity index (χ1v) is 10.7. The second-order valence-corrected chi connectivity index (χ2v) is 8.16. The smallest absolute Gasteiger partial charge is 0.266 e. The summed E-state index contributed by atoms with van der Waals surface area (Å²) in [5.41, 5.74) is 4.09. The summed E-state index contributed by atoms with van der Waals surface area (Å²) in [5, 5.41) is 6.77. The molecule has 0 saturated carbocycles. The van der Waals surface area contributed by atoms with E-state index < -0.39 is 6.04 Å². The van der Waals surface area contributed by atoms with Gasteiger partial charge in [-0.15, -0.1) is 11.8 Å². The topological polar surface area (TPSA) is 68.8 Å². The van der Waals surface area contributed by atoms with Crippen LogP contribution >= 0.6 is 11.8 Å². The number of hydrazone groups is 1. The Labute approximate surface area is 172 Å². The van der Waals surface area contributed by atoms with E-state index in [-0.39, 0.29) is 18.4 Å². The lowest BCUT2D eigenvalue weighted by Crippen LogP contribution is -2.60. The summed E-state index contributed by atoms with van der Waals surface area (Å²) >= 11 is 1.67. The van der Waals surface area contributed by atoms with Gasteiger partial charge in [0.25, 0.3) is 5.91 Å². The molecule has 1 fully saturated rings. The van der Waals surface area contributed by atoms with Crippen molar-refractivity contribution in [3.63, 3.8) is 0 Å². The summed E-state index contributed by atoms with van der Waals surface area (Å²) < 4.78 is 0. The fourth-order valence-corrected chi connectivity index (χ4v) is 4.49. The van der Waals surface area contributed by atoms with Crippen molar-refractivity contribution in [2.24, 2.45) is 5.10 Å². The van der Waals surface area contributed by atoms with Gasteiger partial charge in [-0.05, 0) is 35.6 Å². The fraction of sp³-hybridized carbons (Fsp3) is 0.227. The Morgan fingerprint density at radius 1 is 1.10 bits per heavy atom. The quantitative estimate of drug-likeness (QED) is 0.539. The molecule has 3 heterocycles. The minimum atomic E-state index is -0.501. The van der Waals surface area contributed by atoms with Crippen molar-refractivity contribution in [3.05, 3.63) is 65.4 Å². The number of para-hydroxylation sites is 1. The van der Waals surface area contributed by atoms with Crippen molar-refractivity contribution < 1.29 is 9.59 Å². The van der Waals surface area contributed by atoms with Crippen LogP contribution in [0.3, 0.4) is 0 Å². The Hall–Kier alpha value is -3.06. The minimum absolute atomic E-state index is 0.0235. The Bertz CT molecular complexity index is 1140. The Morgan fingerprint density at radius 3 is 2.69 bits per heavy atom. The molecule has 2 aliphatic rings. The number of fused-ring (bicyclic) bond motifs is 4. The maximum absolute atomic E-state index is 13.1. The molecule has 7 heteroatoms. The number of thioether (sulfide) groups is 1. The number of nitrogens with one attached hydrogen (secondary N) is 1. The molecular weight excluding hydrogens is 384 g/mol. The number of hydrogen-bond donors (Lipinski definition) is 1. The second kappa shape index (κ2) is 7.08. The first-order chi connectivity index (χ1) is 14.1. The number of aromatic nitrogens is 1. The van der Waals surface area contributed by atoms with Crippen LogP contribution in [0.25, 0.3) is 10.9 Å². The number of carbonyl (C=O) groups is 2. The van der Waals surface area contributed by atoms with E-state index in [9.17, 15) is 9.59 Å². The van der Waals surface area contributed by atoms with Crippen molar-refractivity contribution in [3.8, 4) is 0 Å². The summed E-state index contributed by atoms with van der Waals surface area (Å²) in [6.07, 6.45) is 4.18. The lowest BCUT2D eigenvalue weighted by Gasteiger charge is -2.40. The third-order valence-corrected chi connectivity index (χ3v) is 6.35. The number of benzene rings is 2. The average Bonchev–Trinajstić information content (AvgIpc) is 3.12. The van der Waals surface area contributed by atoms with Crippen LogP contribution in [0, 0.1) is 0 Å². The number of piperazine rings is 1. The standard InChI is InChI=1S/C22H20N4O2S/c1-29-15-8-6-14(7-9-15)11-23-26-13-21(27)25-12-19-17(10-20(25)22(26)28)16-4-2-3-5-18(16)24-19/h2-9,11,20,24H,10,12-13H2,1H3/b23-11-/t20-/m0/s1. The SMILES string of the molecule is CSc1ccc(/C=N\N2CC(=O)N3Cc4[nH]c5ccccc5c4C[C@H]3C2=O)cc1. The first kappa shape index (κ1) is 18.0. The molecule has 1 aromatic heterocycles. The Balaban J connectivity index is 1.41. The van der Waals surface area contributed by atoms with Crippen molar-refractivity contribution in [1.29, 1.82) is 0 Å². The third kappa shape index (κ3) is 3.11. The zero-order valence-corrected chi connectivity index (χ0v) is 16.8. The van der Waals surface area contributed by atoms with Crippen molar-refractivity contribution in [1.82, 2.24) is 14.9 Å². The van der Waals surface area contributed by atoms with Gasteiger partial charge in [0.15, 0.2) is 0 Å². The molecule has 2 aromatic carbocycles. The van der Waals surface area contributed by atoms with Gasteiger partial charge in [-0.25, -0.2) is 5.01 Å². The molecule has 0 spiro atoms. The number of rotatable bonds is 3. The number of carbonyl (C=O) groups excluding carboxylic acids is 2. The molecule has 146 valence electrons. The highest BCUT2D eigenvalue weighted by Gasteiger charge is 2.43. The van der Waals surface area contributed by atoms with Crippen LogP contribution in [0.5, 0.6) is 0 Å². The molecule has 2 amide bonds. The zero-order valence-electron chi connectivity index (χ0n) is 16.0. The molecule has 0 unspecified atom stereocenters. The van der Waals surface area contributed by atoms with E-state index in [2.05, 4.69) is 16.2 Å². The van der Waals surface area contributed by atoms with Crippen LogP contribution in [-0.4, -0.2) is 51.8 Å². The van der Waals surface area contributed by atoms with Crippen LogP contribution in [0.1, 0.15) is 16.8 Å². The van der Waals surface area contributed by atoms with Gasteiger partial charge >= 0.3 is 0 Å². The van der Waals surface area contributed by atoms with Gasteiger partial charge in [-0.3, -0.25) is 9.59 Å². The van der Waals surface area contributed by atoms with Crippen LogP contribution < -0.4 is 0 Å². The molecule has 29 heavy (non-hydrogen) atoms. The Morgan fingerprint density at radius 2 is 1.90 bits per heavy atom. The molecule has 3 aromatic rings. The Kier molecular flexibility index (Phi) is 4.39. The highest BCUT2D eigenvalue weighted by Crippen LogP contribution is 2.32. The van der Waals surface area contributed by atoms with Crippen molar-refractivity contribution >= 4 is 40.7 Å². The zero-order chi connectivity index (χ0) is 20.0. The number of aromatic amines is 1. The van der Waals surface area contributed by atoms with Crippen molar-refractivity contribution in [2.45, 2.75) is 23.9 Å². The van der Waals surface area contributed by atoms with Crippen LogP contribution in [-0.2, 0) is 22.6 Å². The normalized spacial score (nSPS) is 19.1. The van der Waals surface area contributed by atoms with Crippen LogP contribution in [0.15, 0.2) is 58.5 Å². The first-order valence-electron chi connectivity index (χ1n) is 9.51. The molecule has 1 N–H and O–H groups in total. The van der Waals surface area contributed by atoms with Gasteiger partial charge in [0, 0.05) is 27.9 Å². The van der Waals surface area contributed by atoms with Gasteiger partial charge in [-0.2, -0.15) is 5.10 Å². The number of nitrogens with zero attached hydrogens (tertiary/aromatic N) is 3. The molecule has 6 nitrogen and oxygen atoms in total. The summed E-state index contributed by atoms with van der Waals surface area (Å²) in [6, 6.07) is 15.5. The van der Waals surface area contributed by atoms with Gasteiger partial charge in [0.1, 0.15) is 12.6 Å². The minimum Gasteiger partial charge on any atom is -0.357 e. The second-order valence-electron chi connectivity index (χ2n) is 7.28. The molecule has 0 aliphatic carbocycles. The largest absolute Gasteiger partial charge is 0.357 e. The molecule has 5 rings (SSSR count).